The smallest absolute Gasteiger partial charge is 0.258 e. The van der Waals surface area contributed by atoms with Crippen LogP contribution in [0.3, 0.4) is 0 Å². The Balaban J connectivity index is 1.64. The zero-order valence-electron chi connectivity index (χ0n) is 12.9. The SMILES string of the molecule is O=c1[nH]c(=O)n(-c2ccc(Sc3nc4ccc(Cl)cc4s3)cc2)c(=O)[nH]1. The van der Waals surface area contributed by atoms with Gasteiger partial charge in [0.1, 0.15) is 0 Å². The highest BCUT2D eigenvalue weighted by atomic mass is 35.5. The molecule has 0 aliphatic heterocycles. The lowest BCUT2D eigenvalue weighted by Gasteiger charge is -2.04. The first-order valence-corrected chi connectivity index (χ1v) is 9.31. The van der Waals surface area contributed by atoms with E-state index in [-0.39, 0.29) is 0 Å². The van der Waals surface area contributed by atoms with Crippen LogP contribution in [-0.4, -0.2) is 19.5 Å². The van der Waals surface area contributed by atoms with Crippen LogP contribution in [0.4, 0.5) is 0 Å². The molecule has 2 heterocycles. The number of aromatic nitrogens is 4. The molecule has 0 amide bonds. The van der Waals surface area contributed by atoms with Gasteiger partial charge < -0.3 is 0 Å². The summed E-state index contributed by atoms with van der Waals surface area (Å²) in [6, 6.07) is 12.3. The fraction of sp³-hybridized carbons (Fsp3) is 0. The molecule has 7 nitrogen and oxygen atoms in total. The van der Waals surface area contributed by atoms with E-state index in [0.29, 0.717) is 10.7 Å². The molecule has 130 valence electrons. The molecule has 0 bridgehead atoms. The first-order chi connectivity index (χ1) is 12.5. The van der Waals surface area contributed by atoms with Crippen molar-refractivity contribution in [3.05, 3.63) is 78.9 Å². The van der Waals surface area contributed by atoms with Gasteiger partial charge in [-0.2, -0.15) is 0 Å². The van der Waals surface area contributed by atoms with Gasteiger partial charge >= 0.3 is 17.1 Å². The van der Waals surface area contributed by atoms with Crippen molar-refractivity contribution < 1.29 is 0 Å². The number of rotatable bonds is 3. The number of hydrogen-bond donors (Lipinski definition) is 2. The second-order valence-corrected chi connectivity index (χ2v) is 8.00. The van der Waals surface area contributed by atoms with Crippen molar-refractivity contribution in [1.29, 1.82) is 0 Å². The molecule has 0 spiro atoms. The number of hydrogen-bond acceptors (Lipinski definition) is 6. The summed E-state index contributed by atoms with van der Waals surface area (Å²) < 4.78 is 2.72. The molecule has 2 aromatic heterocycles. The van der Waals surface area contributed by atoms with Crippen molar-refractivity contribution >= 4 is 44.9 Å². The predicted molar refractivity (Wildman–Crippen MR) is 102 cm³/mol. The molecule has 0 fully saturated rings. The molecular formula is C16H9ClN4O3S2. The molecule has 0 saturated carbocycles. The molecule has 4 rings (SSSR count). The molecular weight excluding hydrogens is 396 g/mol. The number of benzene rings is 2. The molecule has 0 atom stereocenters. The number of halogens is 1. The summed E-state index contributed by atoms with van der Waals surface area (Å²) in [6.07, 6.45) is 0. The molecule has 26 heavy (non-hydrogen) atoms. The average molecular weight is 405 g/mol. The number of nitrogens with one attached hydrogen (secondary N) is 2. The standard InChI is InChI=1S/C16H9ClN4O3S2/c17-8-1-6-11-12(7-8)26-16(18-11)25-10-4-2-9(3-5-10)21-14(23)19-13(22)20-15(21)24/h1-7H,(H2,19,20,22,23,24). The highest BCUT2D eigenvalue weighted by molar-refractivity contribution is 8.01. The number of thiazole rings is 1. The summed E-state index contributed by atoms with van der Waals surface area (Å²) in [5, 5.41) is 0.665. The van der Waals surface area contributed by atoms with Crippen molar-refractivity contribution in [2.24, 2.45) is 0 Å². The largest absolute Gasteiger partial charge is 0.338 e. The van der Waals surface area contributed by atoms with Crippen LogP contribution in [0.25, 0.3) is 15.9 Å². The van der Waals surface area contributed by atoms with Crippen molar-refractivity contribution in [3.8, 4) is 5.69 Å². The van der Waals surface area contributed by atoms with E-state index in [1.165, 1.54) is 23.1 Å². The van der Waals surface area contributed by atoms with E-state index < -0.39 is 17.1 Å². The maximum absolute atomic E-state index is 11.8. The van der Waals surface area contributed by atoms with E-state index in [1.807, 2.05) is 22.1 Å². The lowest BCUT2D eigenvalue weighted by Crippen LogP contribution is -2.42. The molecule has 0 aliphatic carbocycles. The Kier molecular flexibility index (Phi) is 4.27. The Morgan fingerprint density at radius 3 is 2.38 bits per heavy atom. The summed E-state index contributed by atoms with van der Waals surface area (Å²) in [4.78, 5) is 44.2. The molecule has 2 aromatic carbocycles. The van der Waals surface area contributed by atoms with Crippen molar-refractivity contribution in [2.45, 2.75) is 9.24 Å². The molecule has 0 radical (unpaired) electrons. The van der Waals surface area contributed by atoms with E-state index >= 15 is 0 Å². The molecule has 4 aromatic rings. The maximum Gasteiger partial charge on any atom is 0.338 e. The van der Waals surface area contributed by atoms with Crippen LogP contribution < -0.4 is 17.1 Å². The number of fused-ring (bicyclic) bond motifs is 1. The lowest BCUT2D eigenvalue weighted by atomic mass is 10.3. The number of aromatic amines is 2. The van der Waals surface area contributed by atoms with Crippen molar-refractivity contribution in [3.63, 3.8) is 0 Å². The topological polar surface area (TPSA) is 101 Å². The third-order valence-corrected chi connectivity index (χ3v) is 5.80. The minimum atomic E-state index is -0.834. The third-order valence-electron chi connectivity index (χ3n) is 3.48. The minimum absolute atomic E-state index is 0.355. The van der Waals surface area contributed by atoms with E-state index in [9.17, 15) is 14.4 Å². The fourth-order valence-electron chi connectivity index (χ4n) is 2.35. The Morgan fingerprint density at radius 2 is 1.69 bits per heavy atom. The molecule has 10 heteroatoms. The van der Waals surface area contributed by atoms with Gasteiger partial charge in [0.05, 0.1) is 15.9 Å². The Morgan fingerprint density at radius 1 is 1.00 bits per heavy atom. The minimum Gasteiger partial charge on any atom is -0.258 e. The van der Waals surface area contributed by atoms with E-state index in [0.717, 1.165) is 24.0 Å². The summed E-state index contributed by atoms with van der Waals surface area (Å²) in [5.74, 6) is 0. The lowest BCUT2D eigenvalue weighted by molar-refractivity contribution is 0.783. The monoisotopic (exact) mass is 404 g/mol. The van der Waals surface area contributed by atoms with Crippen LogP contribution in [-0.2, 0) is 0 Å². The first-order valence-electron chi connectivity index (χ1n) is 7.30. The highest BCUT2D eigenvalue weighted by Crippen LogP contribution is 2.35. The van der Waals surface area contributed by atoms with E-state index in [4.69, 9.17) is 11.6 Å². The quantitative estimate of drug-likeness (QED) is 0.546. The van der Waals surface area contributed by atoms with Gasteiger partial charge in [-0.3, -0.25) is 9.97 Å². The van der Waals surface area contributed by atoms with Gasteiger partial charge in [0.25, 0.3) is 0 Å². The average Bonchev–Trinajstić information content (AvgIpc) is 2.97. The zero-order valence-corrected chi connectivity index (χ0v) is 15.2. The fourth-order valence-corrected chi connectivity index (χ4v) is 4.66. The van der Waals surface area contributed by atoms with E-state index in [2.05, 4.69) is 4.98 Å². The van der Waals surface area contributed by atoms with Gasteiger partial charge in [-0.05, 0) is 42.5 Å². The molecule has 0 saturated heterocycles. The third kappa shape index (κ3) is 3.24. The first kappa shape index (κ1) is 16.8. The maximum atomic E-state index is 11.8. The number of nitrogens with zero attached hydrogens (tertiary/aromatic N) is 2. The van der Waals surface area contributed by atoms with Gasteiger partial charge in [-0.15, -0.1) is 11.3 Å². The van der Waals surface area contributed by atoms with Crippen LogP contribution in [0, 0.1) is 0 Å². The Hall–Kier alpha value is -2.62. The van der Waals surface area contributed by atoms with Crippen LogP contribution in [0.2, 0.25) is 5.02 Å². The van der Waals surface area contributed by atoms with Crippen LogP contribution in [0.15, 0.2) is 66.1 Å². The van der Waals surface area contributed by atoms with Crippen molar-refractivity contribution in [1.82, 2.24) is 19.5 Å². The van der Waals surface area contributed by atoms with Crippen LogP contribution >= 0.6 is 34.7 Å². The molecule has 0 aliphatic rings. The second-order valence-electron chi connectivity index (χ2n) is 5.21. The predicted octanol–water partition coefficient (Wildman–Crippen LogP) is 2.63. The normalized spacial score (nSPS) is 11.1. The Bertz CT molecular complexity index is 1250. The van der Waals surface area contributed by atoms with E-state index in [1.54, 1.807) is 30.3 Å². The molecule has 2 N–H and O–H groups in total. The van der Waals surface area contributed by atoms with Crippen LogP contribution in [0.5, 0.6) is 0 Å². The Labute approximate surface area is 158 Å². The van der Waals surface area contributed by atoms with Gasteiger partial charge in [0.2, 0.25) is 0 Å². The summed E-state index contributed by atoms with van der Waals surface area (Å²) in [5.41, 5.74) is -1.18. The van der Waals surface area contributed by atoms with Gasteiger partial charge in [0, 0.05) is 9.92 Å². The summed E-state index contributed by atoms with van der Waals surface area (Å²) in [7, 11) is 0. The number of H-pyrrole nitrogens is 2. The summed E-state index contributed by atoms with van der Waals surface area (Å²) >= 11 is 8.99. The highest BCUT2D eigenvalue weighted by Gasteiger charge is 2.09. The van der Waals surface area contributed by atoms with Gasteiger partial charge in [-0.25, -0.2) is 23.9 Å². The molecule has 0 unspecified atom stereocenters. The summed E-state index contributed by atoms with van der Waals surface area (Å²) in [6.45, 7) is 0. The van der Waals surface area contributed by atoms with Gasteiger partial charge in [0.15, 0.2) is 4.34 Å². The zero-order chi connectivity index (χ0) is 18.3. The van der Waals surface area contributed by atoms with Crippen molar-refractivity contribution in [2.75, 3.05) is 0 Å². The second kappa shape index (κ2) is 6.60. The van der Waals surface area contributed by atoms with Gasteiger partial charge in [-0.1, -0.05) is 23.4 Å². The van der Waals surface area contributed by atoms with Crippen LogP contribution in [0.1, 0.15) is 0 Å².